The molecule has 1 aromatic rings. The molecule has 1 aliphatic heterocycles. The summed E-state index contributed by atoms with van der Waals surface area (Å²) < 4.78 is 5.49. The molecule has 1 aromatic carbocycles. The zero-order valence-corrected chi connectivity index (χ0v) is 12.8. The van der Waals surface area contributed by atoms with Crippen LogP contribution >= 0.6 is 0 Å². The summed E-state index contributed by atoms with van der Waals surface area (Å²) in [5, 5.41) is 3.44. The van der Waals surface area contributed by atoms with Crippen molar-refractivity contribution in [3.05, 3.63) is 42.5 Å². The molecule has 0 aliphatic carbocycles. The number of amides is 1. The van der Waals surface area contributed by atoms with Gasteiger partial charge in [0.25, 0.3) is 0 Å². The molecule has 0 bridgehead atoms. The van der Waals surface area contributed by atoms with Crippen molar-refractivity contribution in [3.8, 4) is 5.75 Å². The van der Waals surface area contributed by atoms with E-state index in [-0.39, 0.29) is 18.1 Å². The molecule has 1 saturated heterocycles. The molecule has 1 fully saturated rings. The van der Waals surface area contributed by atoms with Gasteiger partial charge in [-0.05, 0) is 31.0 Å². The summed E-state index contributed by atoms with van der Waals surface area (Å²) in [5.74, 6) is 1.02. The predicted molar refractivity (Wildman–Crippen MR) is 84.1 cm³/mol. The molecular weight excluding hydrogens is 264 g/mol. The Labute approximate surface area is 126 Å². The van der Waals surface area contributed by atoms with Crippen LogP contribution in [0, 0.1) is 0 Å². The van der Waals surface area contributed by atoms with Crippen LogP contribution < -0.4 is 10.1 Å². The lowest BCUT2D eigenvalue weighted by atomic mass is 10.1. The Kier molecular flexibility index (Phi) is 5.39. The molecule has 1 amide bonds. The average Bonchev–Trinajstić information content (AvgIpc) is 2.82. The number of benzene rings is 1. The summed E-state index contributed by atoms with van der Waals surface area (Å²) in [4.78, 5) is 14.2. The Morgan fingerprint density at radius 2 is 2.05 bits per heavy atom. The average molecular weight is 288 g/mol. The van der Waals surface area contributed by atoms with E-state index >= 15 is 0 Å². The molecule has 1 N–H and O–H groups in total. The minimum atomic E-state index is -0.0587. The van der Waals surface area contributed by atoms with Crippen molar-refractivity contribution >= 4 is 5.91 Å². The predicted octanol–water partition coefficient (Wildman–Crippen LogP) is 2.87. The summed E-state index contributed by atoms with van der Waals surface area (Å²) in [5.41, 5.74) is 1.09. The van der Waals surface area contributed by atoms with E-state index in [1.54, 1.807) is 6.08 Å². The Bertz CT molecular complexity index is 484. The SMILES string of the molecule is C=CCOc1ccc(C2NC(CCC)C(=O)N2CC)cc1. The van der Waals surface area contributed by atoms with Crippen molar-refractivity contribution < 1.29 is 9.53 Å². The third-order valence-corrected chi connectivity index (χ3v) is 3.73. The number of ether oxygens (including phenoxy) is 1. The fraction of sp³-hybridized carbons (Fsp3) is 0.471. The van der Waals surface area contributed by atoms with Gasteiger partial charge in [-0.3, -0.25) is 10.1 Å². The lowest BCUT2D eigenvalue weighted by Crippen LogP contribution is -2.30. The van der Waals surface area contributed by atoms with Crippen LogP contribution in [0.5, 0.6) is 5.75 Å². The first-order chi connectivity index (χ1) is 10.2. The van der Waals surface area contributed by atoms with E-state index < -0.39 is 0 Å². The third kappa shape index (κ3) is 3.45. The molecule has 4 nitrogen and oxygen atoms in total. The van der Waals surface area contributed by atoms with E-state index in [9.17, 15) is 4.79 Å². The van der Waals surface area contributed by atoms with Gasteiger partial charge in [0.15, 0.2) is 0 Å². The molecule has 21 heavy (non-hydrogen) atoms. The molecule has 4 heteroatoms. The number of carbonyl (C=O) groups excluding carboxylic acids is 1. The van der Waals surface area contributed by atoms with Crippen LogP contribution in [0.4, 0.5) is 0 Å². The van der Waals surface area contributed by atoms with Crippen LogP contribution in [-0.2, 0) is 4.79 Å². The highest BCUT2D eigenvalue weighted by Crippen LogP contribution is 2.27. The molecule has 2 rings (SSSR count). The van der Waals surface area contributed by atoms with E-state index in [1.807, 2.05) is 36.1 Å². The van der Waals surface area contributed by atoms with Gasteiger partial charge >= 0.3 is 0 Å². The van der Waals surface area contributed by atoms with Crippen molar-refractivity contribution in [2.24, 2.45) is 0 Å². The first-order valence-corrected chi connectivity index (χ1v) is 7.61. The highest BCUT2D eigenvalue weighted by atomic mass is 16.5. The Morgan fingerprint density at radius 3 is 2.62 bits per heavy atom. The van der Waals surface area contributed by atoms with Gasteiger partial charge in [0.2, 0.25) is 5.91 Å². The van der Waals surface area contributed by atoms with E-state index in [2.05, 4.69) is 18.8 Å². The fourth-order valence-corrected chi connectivity index (χ4v) is 2.69. The van der Waals surface area contributed by atoms with Gasteiger partial charge in [-0.1, -0.05) is 38.1 Å². The molecule has 0 saturated carbocycles. The van der Waals surface area contributed by atoms with E-state index in [0.29, 0.717) is 13.2 Å². The highest BCUT2D eigenvalue weighted by Gasteiger charge is 2.37. The largest absolute Gasteiger partial charge is 0.490 e. The van der Waals surface area contributed by atoms with E-state index in [1.165, 1.54) is 0 Å². The van der Waals surface area contributed by atoms with Crippen LogP contribution in [0.15, 0.2) is 36.9 Å². The molecular formula is C17H24N2O2. The van der Waals surface area contributed by atoms with Gasteiger partial charge in [0.1, 0.15) is 18.5 Å². The molecule has 114 valence electrons. The second kappa shape index (κ2) is 7.27. The van der Waals surface area contributed by atoms with Gasteiger partial charge in [0, 0.05) is 6.54 Å². The van der Waals surface area contributed by atoms with Crippen LogP contribution in [-0.4, -0.2) is 30.0 Å². The number of likely N-dealkylation sites (N-methyl/N-ethyl adjacent to an activating group) is 1. The fourth-order valence-electron chi connectivity index (χ4n) is 2.69. The van der Waals surface area contributed by atoms with Gasteiger partial charge in [-0.25, -0.2) is 0 Å². The number of rotatable bonds is 7. The smallest absolute Gasteiger partial charge is 0.241 e. The second-order valence-electron chi connectivity index (χ2n) is 5.20. The quantitative estimate of drug-likeness (QED) is 0.784. The number of nitrogens with zero attached hydrogens (tertiary/aromatic N) is 1. The lowest BCUT2D eigenvalue weighted by molar-refractivity contribution is -0.130. The van der Waals surface area contributed by atoms with Crippen LogP contribution in [0.2, 0.25) is 0 Å². The van der Waals surface area contributed by atoms with E-state index in [4.69, 9.17) is 4.74 Å². The summed E-state index contributed by atoms with van der Waals surface area (Å²) in [7, 11) is 0. The Hall–Kier alpha value is -1.81. The molecule has 0 radical (unpaired) electrons. The monoisotopic (exact) mass is 288 g/mol. The third-order valence-electron chi connectivity index (χ3n) is 3.73. The zero-order chi connectivity index (χ0) is 15.2. The Morgan fingerprint density at radius 1 is 1.33 bits per heavy atom. The van der Waals surface area contributed by atoms with Gasteiger partial charge in [0.05, 0.1) is 6.04 Å². The summed E-state index contributed by atoms with van der Waals surface area (Å²) in [6.07, 6.45) is 3.57. The maximum Gasteiger partial charge on any atom is 0.241 e. The van der Waals surface area contributed by atoms with Crippen LogP contribution in [0.25, 0.3) is 0 Å². The van der Waals surface area contributed by atoms with Crippen molar-refractivity contribution in [2.75, 3.05) is 13.2 Å². The maximum atomic E-state index is 12.3. The first-order valence-electron chi connectivity index (χ1n) is 7.61. The van der Waals surface area contributed by atoms with Gasteiger partial charge in [-0.15, -0.1) is 0 Å². The summed E-state index contributed by atoms with van der Waals surface area (Å²) in [6, 6.07) is 7.84. The van der Waals surface area contributed by atoms with Crippen LogP contribution in [0.3, 0.4) is 0 Å². The minimum absolute atomic E-state index is 0.0347. The first kappa shape index (κ1) is 15.6. The summed E-state index contributed by atoms with van der Waals surface area (Å²) >= 11 is 0. The maximum absolute atomic E-state index is 12.3. The molecule has 1 heterocycles. The highest BCUT2D eigenvalue weighted by molar-refractivity contribution is 5.84. The molecule has 1 aliphatic rings. The number of nitrogens with one attached hydrogen (secondary N) is 1. The molecule has 2 unspecified atom stereocenters. The number of hydrogen-bond donors (Lipinski definition) is 1. The summed E-state index contributed by atoms with van der Waals surface area (Å²) in [6.45, 7) is 8.96. The van der Waals surface area contributed by atoms with Gasteiger partial charge < -0.3 is 9.64 Å². The standard InChI is InChI=1S/C17H24N2O2/c1-4-7-15-17(20)19(6-3)16(18-15)13-8-10-14(11-9-13)21-12-5-2/h5,8-11,15-16,18H,2,4,6-7,12H2,1,3H3. The van der Waals surface area contributed by atoms with Crippen molar-refractivity contribution in [1.82, 2.24) is 10.2 Å². The normalized spacial score (nSPS) is 21.6. The Balaban J connectivity index is 2.12. The molecule has 2 atom stereocenters. The topological polar surface area (TPSA) is 41.6 Å². The number of hydrogen-bond acceptors (Lipinski definition) is 3. The minimum Gasteiger partial charge on any atom is -0.490 e. The van der Waals surface area contributed by atoms with Crippen molar-refractivity contribution in [2.45, 2.75) is 38.9 Å². The zero-order valence-electron chi connectivity index (χ0n) is 12.8. The van der Waals surface area contributed by atoms with Crippen LogP contribution in [0.1, 0.15) is 38.4 Å². The van der Waals surface area contributed by atoms with Crippen molar-refractivity contribution in [1.29, 1.82) is 0 Å². The number of carbonyl (C=O) groups is 1. The van der Waals surface area contributed by atoms with E-state index in [0.717, 1.165) is 24.2 Å². The van der Waals surface area contributed by atoms with Gasteiger partial charge in [-0.2, -0.15) is 0 Å². The molecule has 0 spiro atoms. The second-order valence-corrected chi connectivity index (χ2v) is 5.20. The lowest BCUT2D eigenvalue weighted by Gasteiger charge is -2.23. The van der Waals surface area contributed by atoms with Crippen molar-refractivity contribution in [3.63, 3.8) is 0 Å². The molecule has 0 aromatic heterocycles.